The number of pyridine rings is 1. The quantitative estimate of drug-likeness (QED) is 0.628. The minimum atomic E-state index is -1.53. The number of aromatic nitrogens is 1. The van der Waals surface area contributed by atoms with Gasteiger partial charge in [0.25, 0.3) is 5.56 Å². The average molecular weight is 359 g/mol. The Bertz CT molecular complexity index is 913. The number of rotatable bonds is 4. The first-order chi connectivity index (χ1) is 12.4. The topological polar surface area (TPSA) is 146 Å². The maximum atomic E-state index is 12.0. The Balaban J connectivity index is 2.14. The predicted molar refractivity (Wildman–Crippen MR) is 93.9 cm³/mol. The molecule has 0 spiro atoms. The summed E-state index contributed by atoms with van der Waals surface area (Å²) in [7, 11) is 0. The highest BCUT2D eigenvalue weighted by molar-refractivity contribution is 6.07. The van der Waals surface area contributed by atoms with Crippen LogP contribution in [-0.4, -0.2) is 53.4 Å². The van der Waals surface area contributed by atoms with Gasteiger partial charge >= 0.3 is 11.9 Å². The van der Waals surface area contributed by atoms with Crippen molar-refractivity contribution >= 4 is 23.4 Å². The number of nitrogens with two attached hydrogens (primary N) is 1. The van der Waals surface area contributed by atoms with Crippen LogP contribution in [0.2, 0.25) is 0 Å². The molecule has 1 aromatic heterocycles. The number of hydrogen-bond donors (Lipinski definition) is 4. The van der Waals surface area contributed by atoms with Gasteiger partial charge < -0.3 is 30.6 Å². The molecule has 0 amide bonds. The Kier molecular flexibility index (Phi) is 4.63. The molecule has 0 radical (unpaired) electrons. The lowest BCUT2D eigenvalue weighted by atomic mass is 9.95. The molecular weight excluding hydrogens is 342 g/mol. The van der Waals surface area contributed by atoms with Crippen LogP contribution in [-0.2, 0) is 4.74 Å². The molecule has 1 saturated heterocycles. The number of anilines is 2. The number of carboxylic acid groups (broad SMARTS) is 2. The van der Waals surface area contributed by atoms with Crippen molar-refractivity contribution in [3.8, 4) is 11.1 Å². The number of aromatic amines is 1. The van der Waals surface area contributed by atoms with Crippen LogP contribution in [0.15, 0.2) is 29.1 Å². The summed E-state index contributed by atoms with van der Waals surface area (Å²) in [4.78, 5) is 39.3. The molecule has 0 unspecified atom stereocenters. The normalized spacial score (nSPS) is 14.2. The SMILES string of the molecule is Nc1[nH]c(=O)c(C(=O)O)c(-c2ccc(N3CCOCC3)cc2)c1C(=O)O. The van der Waals surface area contributed by atoms with Gasteiger partial charge in [0.15, 0.2) is 0 Å². The number of nitrogen functional groups attached to an aromatic ring is 1. The maximum Gasteiger partial charge on any atom is 0.342 e. The lowest BCUT2D eigenvalue weighted by Crippen LogP contribution is -2.36. The Hall–Kier alpha value is -3.33. The Morgan fingerprint density at radius 3 is 2.15 bits per heavy atom. The number of aromatic carboxylic acids is 2. The summed E-state index contributed by atoms with van der Waals surface area (Å²) < 4.78 is 5.30. The van der Waals surface area contributed by atoms with E-state index >= 15 is 0 Å². The molecule has 0 bridgehead atoms. The standard InChI is InChI=1S/C17H17N3O6/c18-14-12(16(22)23)11(13(17(24)25)15(21)19-14)9-1-3-10(4-2-9)20-5-7-26-8-6-20/h1-4H,5-8H2,(H,22,23)(H,24,25)(H3,18,19,21). The van der Waals surface area contributed by atoms with Gasteiger partial charge in [-0.05, 0) is 17.7 Å². The largest absolute Gasteiger partial charge is 0.478 e. The minimum absolute atomic E-state index is 0.209. The van der Waals surface area contributed by atoms with Gasteiger partial charge in [-0.1, -0.05) is 12.1 Å². The molecule has 26 heavy (non-hydrogen) atoms. The molecule has 1 fully saturated rings. The predicted octanol–water partition coefficient (Wildman–Crippen LogP) is 0.857. The Morgan fingerprint density at radius 1 is 1.04 bits per heavy atom. The van der Waals surface area contributed by atoms with Crippen molar-refractivity contribution in [2.45, 2.75) is 0 Å². The fourth-order valence-corrected chi connectivity index (χ4v) is 3.00. The second-order valence-electron chi connectivity index (χ2n) is 5.75. The van der Waals surface area contributed by atoms with E-state index in [1.165, 1.54) is 0 Å². The van der Waals surface area contributed by atoms with Crippen LogP contribution in [0.4, 0.5) is 11.5 Å². The summed E-state index contributed by atoms with van der Waals surface area (Å²) in [5, 5.41) is 18.8. The Labute approximate surface area is 147 Å². The first-order valence-corrected chi connectivity index (χ1v) is 7.85. The highest BCUT2D eigenvalue weighted by Crippen LogP contribution is 2.30. The van der Waals surface area contributed by atoms with Crippen LogP contribution in [0.25, 0.3) is 11.1 Å². The number of nitrogens with one attached hydrogen (secondary N) is 1. The van der Waals surface area contributed by atoms with Crippen molar-refractivity contribution in [1.29, 1.82) is 0 Å². The monoisotopic (exact) mass is 359 g/mol. The molecule has 1 aromatic carbocycles. The number of hydrogen-bond acceptors (Lipinski definition) is 6. The third-order valence-electron chi connectivity index (χ3n) is 4.20. The summed E-state index contributed by atoms with van der Waals surface area (Å²) in [5.74, 6) is -3.34. The molecule has 0 saturated carbocycles. The molecular formula is C17H17N3O6. The van der Waals surface area contributed by atoms with E-state index in [0.29, 0.717) is 13.2 Å². The lowest BCUT2D eigenvalue weighted by molar-refractivity contribution is 0.0695. The van der Waals surface area contributed by atoms with E-state index in [0.717, 1.165) is 18.8 Å². The third kappa shape index (κ3) is 3.11. The van der Waals surface area contributed by atoms with Gasteiger partial charge in [0.05, 0.1) is 13.2 Å². The summed E-state index contributed by atoms with van der Waals surface area (Å²) in [5.41, 5.74) is 4.54. The molecule has 9 nitrogen and oxygen atoms in total. The molecule has 0 atom stereocenters. The number of ether oxygens (including phenoxy) is 1. The van der Waals surface area contributed by atoms with Gasteiger partial charge in [0.1, 0.15) is 16.9 Å². The van der Waals surface area contributed by atoms with Crippen molar-refractivity contribution in [2.24, 2.45) is 0 Å². The third-order valence-corrected chi connectivity index (χ3v) is 4.20. The smallest absolute Gasteiger partial charge is 0.342 e. The van der Waals surface area contributed by atoms with Crippen molar-refractivity contribution in [1.82, 2.24) is 4.98 Å². The van der Waals surface area contributed by atoms with E-state index in [2.05, 4.69) is 9.88 Å². The first-order valence-electron chi connectivity index (χ1n) is 7.85. The molecule has 2 heterocycles. The highest BCUT2D eigenvalue weighted by atomic mass is 16.5. The highest BCUT2D eigenvalue weighted by Gasteiger charge is 2.26. The fourth-order valence-electron chi connectivity index (χ4n) is 3.00. The van der Waals surface area contributed by atoms with Gasteiger partial charge in [0, 0.05) is 24.3 Å². The molecule has 1 aliphatic heterocycles. The maximum absolute atomic E-state index is 12.0. The molecule has 2 aromatic rings. The van der Waals surface area contributed by atoms with E-state index in [1.807, 2.05) is 0 Å². The summed E-state index contributed by atoms with van der Waals surface area (Å²) in [6, 6.07) is 6.65. The van der Waals surface area contributed by atoms with Crippen LogP contribution < -0.4 is 16.2 Å². The average Bonchev–Trinajstić information content (AvgIpc) is 2.61. The molecule has 3 rings (SSSR count). The number of morpholine rings is 1. The van der Waals surface area contributed by atoms with Gasteiger partial charge in [-0.15, -0.1) is 0 Å². The van der Waals surface area contributed by atoms with E-state index in [9.17, 15) is 24.6 Å². The van der Waals surface area contributed by atoms with Crippen LogP contribution in [0.5, 0.6) is 0 Å². The molecule has 9 heteroatoms. The van der Waals surface area contributed by atoms with Crippen LogP contribution in [0.3, 0.4) is 0 Å². The fraction of sp³-hybridized carbons (Fsp3) is 0.235. The number of H-pyrrole nitrogens is 1. The van der Waals surface area contributed by atoms with Gasteiger partial charge in [0.2, 0.25) is 0 Å². The van der Waals surface area contributed by atoms with Crippen molar-refractivity contribution in [3.05, 3.63) is 45.7 Å². The molecule has 1 aliphatic rings. The van der Waals surface area contributed by atoms with E-state index in [1.54, 1.807) is 24.3 Å². The van der Waals surface area contributed by atoms with Gasteiger partial charge in [-0.25, -0.2) is 9.59 Å². The first kappa shape index (κ1) is 17.5. The zero-order valence-corrected chi connectivity index (χ0v) is 13.7. The number of carbonyl (C=O) groups is 2. The number of benzene rings is 1. The van der Waals surface area contributed by atoms with E-state index < -0.39 is 28.6 Å². The van der Waals surface area contributed by atoms with Crippen molar-refractivity contribution in [3.63, 3.8) is 0 Å². The number of nitrogens with zero attached hydrogens (tertiary/aromatic N) is 1. The van der Waals surface area contributed by atoms with Gasteiger partial charge in [-0.2, -0.15) is 0 Å². The van der Waals surface area contributed by atoms with E-state index in [4.69, 9.17) is 10.5 Å². The Morgan fingerprint density at radius 2 is 1.62 bits per heavy atom. The summed E-state index contributed by atoms with van der Waals surface area (Å²) >= 11 is 0. The lowest BCUT2D eigenvalue weighted by Gasteiger charge is -2.29. The molecule has 136 valence electrons. The van der Waals surface area contributed by atoms with Gasteiger partial charge in [-0.3, -0.25) is 4.79 Å². The molecule has 0 aliphatic carbocycles. The zero-order chi connectivity index (χ0) is 18.8. The second kappa shape index (κ2) is 6.89. The zero-order valence-electron chi connectivity index (χ0n) is 13.7. The van der Waals surface area contributed by atoms with Crippen LogP contribution >= 0.6 is 0 Å². The minimum Gasteiger partial charge on any atom is -0.478 e. The van der Waals surface area contributed by atoms with Crippen LogP contribution in [0.1, 0.15) is 20.7 Å². The second-order valence-corrected chi connectivity index (χ2v) is 5.75. The number of carboxylic acids is 2. The van der Waals surface area contributed by atoms with E-state index in [-0.39, 0.29) is 16.9 Å². The molecule has 5 N–H and O–H groups in total. The van der Waals surface area contributed by atoms with Crippen molar-refractivity contribution < 1.29 is 24.5 Å². The van der Waals surface area contributed by atoms with Crippen LogP contribution in [0, 0.1) is 0 Å². The van der Waals surface area contributed by atoms with Crippen molar-refractivity contribution in [2.75, 3.05) is 36.9 Å². The summed E-state index contributed by atoms with van der Waals surface area (Å²) in [6.45, 7) is 2.66. The summed E-state index contributed by atoms with van der Waals surface area (Å²) in [6.07, 6.45) is 0.